The number of hydrogen-bond acceptors (Lipinski definition) is 3. The molecule has 94 valence electrons. The first-order valence-electron chi connectivity index (χ1n) is 6.31. The van der Waals surface area contributed by atoms with Crippen molar-refractivity contribution in [3.63, 3.8) is 0 Å². The van der Waals surface area contributed by atoms with Gasteiger partial charge in [0.1, 0.15) is 0 Å². The molecule has 0 saturated carbocycles. The van der Waals surface area contributed by atoms with Crippen LogP contribution in [0.15, 0.2) is 0 Å². The third kappa shape index (κ3) is 3.48. The lowest BCUT2D eigenvalue weighted by molar-refractivity contribution is -0.221. The highest BCUT2D eigenvalue weighted by Crippen LogP contribution is 2.25. The van der Waals surface area contributed by atoms with Gasteiger partial charge in [0.25, 0.3) is 0 Å². The Hall–Kier alpha value is -0.570. The zero-order valence-corrected chi connectivity index (χ0v) is 11.2. The second-order valence-electron chi connectivity index (χ2n) is 6.08. The van der Waals surface area contributed by atoms with Crippen molar-refractivity contribution in [2.45, 2.75) is 59.9 Å². The summed E-state index contributed by atoms with van der Waals surface area (Å²) in [4.78, 5) is 17.4. The Balaban J connectivity index is 2.60. The van der Waals surface area contributed by atoms with E-state index in [2.05, 4.69) is 13.8 Å². The molecule has 1 aliphatic rings. The summed E-state index contributed by atoms with van der Waals surface area (Å²) in [7, 11) is 0. The molecule has 0 N–H and O–H groups in total. The topological polar surface area (TPSA) is 29.5 Å². The van der Waals surface area contributed by atoms with E-state index in [1.54, 1.807) is 0 Å². The average molecular weight is 227 g/mol. The Morgan fingerprint density at radius 3 is 2.44 bits per heavy atom. The van der Waals surface area contributed by atoms with Crippen LogP contribution >= 0.6 is 0 Å². The Morgan fingerprint density at radius 1 is 1.31 bits per heavy atom. The first kappa shape index (κ1) is 13.5. The zero-order valence-electron chi connectivity index (χ0n) is 11.2. The van der Waals surface area contributed by atoms with E-state index in [0.29, 0.717) is 12.0 Å². The van der Waals surface area contributed by atoms with Gasteiger partial charge < -0.3 is 4.84 Å². The monoisotopic (exact) mass is 227 g/mol. The second kappa shape index (κ2) is 5.17. The van der Waals surface area contributed by atoms with Crippen molar-refractivity contribution >= 4 is 5.97 Å². The Morgan fingerprint density at radius 2 is 1.94 bits per heavy atom. The van der Waals surface area contributed by atoms with Crippen molar-refractivity contribution in [1.82, 2.24) is 5.06 Å². The standard InChI is InChI=1S/C13H25NO2/c1-10(2)11-8-6-7-9-14(11)16-12(15)13(3,4)5/h10-11H,6-9H2,1-5H3. The molecule has 0 aromatic rings. The lowest BCUT2D eigenvalue weighted by Crippen LogP contribution is -2.45. The molecule has 1 saturated heterocycles. The largest absolute Gasteiger partial charge is 0.367 e. The van der Waals surface area contributed by atoms with Crippen molar-refractivity contribution in [2.75, 3.05) is 6.54 Å². The Kier molecular flexibility index (Phi) is 4.36. The SMILES string of the molecule is CC(C)C1CCCCN1OC(=O)C(C)(C)C. The molecule has 1 unspecified atom stereocenters. The van der Waals surface area contributed by atoms with Crippen LogP contribution in [0, 0.1) is 11.3 Å². The van der Waals surface area contributed by atoms with E-state index in [4.69, 9.17) is 4.84 Å². The minimum atomic E-state index is -0.418. The smallest absolute Gasteiger partial charge is 0.330 e. The molecule has 1 rings (SSSR count). The van der Waals surface area contributed by atoms with Crippen molar-refractivity contribution < 1.29 is 9.63 Å². The summed E-state index contributed by atoms with van der Waals surface area (Å²) in [6, 6.07) is 0.389. The molecule has 0 aromatic carbocycles. The number of hydroxylamine groups is 2. The molecule has 3 heteroatoms. The van der Waals surface area contributed by atoms with Gasteiger partial charge in [-0.2, -0.15) is 0 Å². The van der Waals surface area contributed by atoms with Crippen LogP contribution in [-0.4, -0.2) is 23.6 Å². The van der Waals surface area contributed by atoms with Crippen molar-refractivity contribution in [3.05, 3.63) is 0 Å². The van der Waals surface area contributed by atoms with E-state index in [9.17, 15) is 4.79 Å². The lowest BCUT2D eigenvalue weighted by Gasteiger charge is -2.37. The van der Waals surface area contributed by atoms with Crippen LogP contribution in [0.4, 0.5) is 0 Å². The van der Waals surface area contributed by atoms with Crippen LogP contribution < -0.4 is 0 Å². The van der Waals surface area contributed by atoms with Crippen LogP contribution in [0.2, 0.25) is 0 Å². The van der Waals surface area contributed by atoms with Crippen molar-refractivity contribution in [3.8, 4) is 0 Å². The van der Waals surface area contributed by atoms with Crippen LogP contribution in [0.25, 0.3) is 0 Å². The van der Waals surface area contributed by atoms with Gasteiger partial charge >= 0.3 is 5.97 Å². The molecule has 16 heavy (non-hydrogen) atoms. The second-order valence-corrected chi connectivity index (χ2v) is 6.08. The zero-order chi connectivity index (χ0) is 12.3. The minimum Gasteiger partial charge on any atom is -0.367 e. The normalized spacial score (nSPS) is 23.5. The Bertz CT molecular complexity index is 243. The molecule has 0 bridgehead atoms. The predicted octanol–water partition coefficient (Wildman–Crippen LogP) is 3.00. The summed E-state index contributed by atoms with van der Waals surface area (Å²) < 4.78 is 0. The fraction of sp³-hybridized carbons (Fsp3) is 0.923. The fourth-order valence-electron chi connectivity index (χ4n) is 1.95. The van der Waals surface area contributed by atoms with E-state index in [1.165, 1.54) is 6.42 Å². The van der Waals surface area contributed by atoms with Gasteiger partial charge in [-0.15, -0.1) is 5.06 Å². The molecule has 1 fully saturated rings. The van der Waals surface area contributed by atoms with Gasteiger partial charge in [0, 0.05) is 12.6 Å². The van der Waals surface area contributed by atoms with Crippen LogP contribution in [0.1, 0.15) is 53.9 Å². The van der Waals surface area contributed by atoms with Gasteiger partial charge in [-0.25, -0.2) is 4.79 Å². The van der Waals surface area contributed by atoms with Gasteiger partial charge in [-0.3, -0.25) is 0 Å². The maximum atomic E-state index is 11.8. The van der Waals surface area contributed by atoms with E-state index >= 15 is 0 Å². The number of piperidine rings is 1. The van der Waals surface area contributed by atoms with E-state index in [-0.39, 0.29) is 5.97 Å². The molecule has 0 aliphatic carbocycles. The molecular formula is C13H25NO2. The summed E-state index contributed by atoms with van der Waals surface area (Å²) in [5, 5.41) is 1.90. The van der Waals surface area contributed by atoms with Crippen molar-refractivity contribution in [1.29, 1.82) is 0 Å². The molecule has 1 atom stereocenters. The maximum absolute atomic E-state index is 11.8. The summed E-state index contributed by atoms with van der Waals surface area (Å²) in [6.45, 7) is 10.9. The van der Waals surface area contributed by atoms with Gasteiger partial charge in [0.15, 0.2) is 0 Å². The summed E-state index contributed by atoms with van der Waals surface area (Å²) in [6.07, 6.45) is 3.50. The first-order valence-corrected chi connectivity index (χ1v) is 6.31. The number of carbonyl (C=O) groups excluding carboxylic acids is 1. The number of rotatable bonds is 2. The highest BCUT2D eigenvalue weighted by Gasteiger charge is 2.32. The summed E-state index contributed by atoms with van der Waals surface area (Å²) in [5.74, 6) is 0.410. The quantitative estimate of drug-likeness (QED) is 0.726. The molecule has 0 radical (unpaired) electrons. The number of hydrogen-bond donors (Lipinski definition) is 0. The molecule has 0 spiro atoms. The highest BCUT2D eigenvalue weighted by molar-refractivity contribution is 5.75. The van der Waals surface area contributed by atoms with E-state index in [0.717, 1.165) is 19.4 Å². The van der Waals surface area contributed by atoms with Crippen LogP contribution in [0.3, 0.4) is 0 Å². The fourth-order valence-corrected chi connectivity index (χ4v) is 1.95. The van der Waals surface area contributed by atoms with Crippen molar-refractivity contribution in [2.24, 2.45) is 11.3 Å². The summed E-state index contributed by atoms with van der Waals surface area (Å²) >= 11 is 0. The van der Waals surface area contributed by atoms with Gasteiger partial charge in [-0.1, -0.05) is 20.3 Å². The number of nitrogens with zero attached hydrogens (tertiary/aromatic N) is 1. The van der Waals surface area contributed by atoms with E-state index < -0.39 is 5.41 Å². The third-order valence-electron chi connectivity index (χ3n) is 3.08. The average Bonchev–Trinajstić information content (AvgIpc) is 2.16. The lowest BCUT2D eigenvalue weighted by atomic mass is 9.94. The summed E-state index contributed by atoms with van der Waals surface area (Å²) in [5.41, 5.74) is -0.418. The minimum absolute atomic E-state index is 0.125. The Labute approximate surface area is 99.1 Å². The molecule has 3 nitrogen and oxygen atoms in total. The molecule has 0 aromatic heterocycles. The highest BCUT2D eigenvalue weighted by atomic mass is 16.7. The molecular weight excluding hydrogens is 202 g/mol. The molecule has 0 amide bonds. The molecule has 1 aliphatic heterocycles. The third-order valence-corrected chi connectivity index (χ3v) is 3.08. The predicted molar refractivity (Wildman–Crippen MR) is 64.7 cm³/mol. The van der Waals surface area contributed by atoms with Gasteiger partial charge in [0.05, 0.1) is 5.41 Å². The molecule has 1 heterocycles. The van der Waals surface area contributed by atoms with Crippen LogP contribution in [0.5, 0.6) is 0 Å². The number of carbonyl (C=O) groups is 1. The van der Waals surface area contributed by atoms with Gasteiger partial charge in [-0.05, 0) is 39.5 Å². The van der Waals surface area contributed by atoms with Gasteiger partial charge in [0.2, 0.25) is 0 Å². The first-order chi connectivity index (χ1) is 7.32. The van der Waals surface area contributed by atoms with E-state index in [1.807, 2.05) is 25.8 Å². The maximum Gasteiger partial charge on any atom is 0.330 e. The van der Waals surface area contributed by atoms with Crippen LogP contribution in [-0.2, 0) is 9.63 Å².